The normalized spacial score (nSPS) is 12.2. The summed E-state index contributed by atoms with van der Waals surface area (Å²) >= 11 is 0. The van der Waals surface area contributed by atoms with E-state index in [2.05, 4.69) is 37.1 Å². The van der Waals surface area contributed by atoms with Gasteiger partial charge in [-0.1, -0.05) is 50.2 Å². The highest BCUT2D eigenvalue weighted by molar-refractivity contribution is 5.65. The number of nitrogens with zero attached hydrogens (tertiary/aromatic N) is 4. The number of hydrogen-bond donors (Lipinski definition) is 1. The first-order valence-electron chi connectivity index (χ1n) is 9.83. The summed E-state index contributed by atoms with van der Waals surface area (Å²) in [6.45, 7) is 4.38. The molecule has 6 heteroatoms. The lowest BCUT2D eigenvalue weighted by atomic mass is 10.0. The Balaban J connectivity index is 1.64. The number of benzene rings is 2. The topological polar surface area (TPSA) is 83.3 Å². The van der Waals surface area contributed by atoms with Gasteiger partial charge in [-0.05, 0) is 35.2 Å². The van der Waals surface area contributed by atoms with Crippen molar-refractivity contribution in [2.75, 3.05) is 0 Å². The van der Waals surface area contributed by atoms with E-state index in [1.807, 2.05) is 12.1 Å². The molecule has 1 unspecified atom stereocenters. The van der Waals surface area contributed by atoms with Gasteiger partial charge in [0, 0.05) is 18.0 Å². The van der Waals surface area contributed by atoms with Crippen molar-refractivity contribution in [3.63, 3.8) is 0 Å². The van der Waals surface area contributed by atoms with Crippen LogP contribution in [0.2, 0.25) is 0 Å². The van der Waals surface area contributed by atoms with E-state index in [0.717, 1.165) is 11.3 Å². The van der Waals surface area contributed by atoms with Crippen molar-refractivity contribution in [2.45, 2.75) is 32.4 Å². The van der Waals surface area contributed by atoms with E-state index in [1.165, 1.54) is 10.1 Å². The van der Waals surface area contributed by atoms with Crippen LogP contribution in [0.3, 0.4) is 0 Å². The van der Waals surface area contributed by atoms with Gasteiger partial charge in [-0.2, -0.15) is 10.4 Å². The van der Waals surface area contributed by atoms with Crippen molar-refractivity contribution >= 4 is 5.52 Å². The molecule has 0 saturated carbocycles. The smallest absolute Gasteiger partial charge is 0.276 e. The van der Waals surface area contributed by atoms with Gasteiger partial charge >= 0.3 is 0 Å². The number of rotatable bonds is 5. The molecule has 4 aromatic rings. The monoisotopic (exact) mass is 398 g/mol. The Labute approximate surface area is 174 Å². The predicted molar refractivity (Wildman–Crippen MR) is 115 cm³/mol. The summed E-state index contributed by atoms with van der Waals surface area (Å²) < 4.78 is 3.03. The molecule has 1 N–H and O–H groups in total. The van der Waals surface area contributed by atoms with Crippen LogP contribution >= 0.6 is 0 Å². The van der Waals surface area contributed by atoms with Crippen molar-refractivity contribution in [3.05, 3.63) is 94.0 Å². The summed E-state index contributed by atoms with van der Waals surface area (Å²) in [7, 11) is 0. The second-order valence-electron chi connectivity index (χ2n) is 7.64. The Hall–Kier alpha value is -3.69. The fourth-order valence-electron chi connectivity index (χ4n) is 3.46. The SMILES string of the molecule is CC(C)c1ccc(-c2cc3c(=O)n(CC(O)c4cccc(C#N)c4)ccn3n2)cc1. The molecule has 2 heterocycles. The van der Waals surface area contributed by atoms with E-state index in [-0.39, 0.29) is 12.1 Å². The van der Waals surface area contributed by atoms with Gasteiger partial charge in [-0.3, -0.25) is 4.79 Å². The zero-order valence-electron chi connectivity index (χ0n) is 16.9. The average molecular weight is 398 g/mol. The van der Waals surface area contributed by atoms with Gasteiger partial charge in [0.15, 0.2) is 0 Å². The highest BCUT2D eigenvalue weighted by Crippen LogP contribution is 2.22. The Kier molecular flexibility index (Phi) is 5.21. The van der Waals surface area contributed by atoms with Crippen LogP contribution in [0.1, 0.15) is 42.6 Å². The number of aliphatic hydroxyl groups is 1. The van der Waals surface area contributed by atoms with Gasteiger partial charge in [0.2, 0.25) is 0 Å². The average Bonchev–Trinajstić information content (AvgIpc) is 3.21. The van der Waals surface area contributed by atoms with E-state index in [4.69, 9.17) is 5.26 Å². The van der Waals surface area contributed by atoms with Gasteiger partial charge < -0.3 is 9.67 Å². The molecule has 0 aliphatic carbocycles. The van der Waals surface area contributed by atoms with Crippen LogP contribution in [0.5, 0.6) is 0 Å². The van der Waals surface area contributed by atoms with Gasteiger partial charge in [-0.25, -0.2) is 4.52 Å². The molecule has 0 aliphatic heterocycles. The second kappa shape index (κ2) is 7.97. The van der Waals surface area contributed by atoms with E-state index < -0.39 is 6.10 Å². The molecule has 2 aromatic heterocycles. The number of aromatic nitrogens is 3. The molecule has 30 heavy (non-hydrogen) atoms. The Morgan fingerprint density at radius 2 is 1.83 bits per heavy atom. The fraction of sp³-hybridized carbons (Fsp3) is 0.208. The van der Waals surface area contributed by atoms with Crippen LogP contribution in [0.4, 0.5) is 0 Å². The van der Waals surface area contributed by atoms with Crippen molar-refractivity contribution < 1.29 is 5.11 Å². The van der Waals surface area contributed by atoms with Crippen LogP contribution in [-0.2, 0) is 6.54 Å². The van der Waals surface area contributed by atoms with Crippen LogP contribution in [0.15, 0.2) is 71.8 Å². The number of fused-ring (bicyclic) bond motifs is 1. The largest absolute Gasteiger partial charge is 0.387 e. The summed E-state index contributed by atoms with van der Waals surface area (Å²) in [4.78, 5) is 12.9. The maximum Gasteiger partial charge on any atom is 0.276 e. The molecule has 0 aliphatic rings. The lowest BCUT2D eigenvalue weighted by molar-refractivity contribution is 0.155. The minimum atomic E-state index is -0.899. The number of aliphatic hydroxyl groups excluding tert-OH is 1. The molecule has 0 spiro atoms. The fourth-order valence-corrected chi connectivity index (χ4v) is 3.46. The van der Waals surface area contributed by atoms with E-state index in [1.54, 1.807) is 47.2 Å². The molecule has 1 atom stereocenters. The quantitative estimate of drug-likeness (QED) is 0.553. The highest BCUT2D eigenvalue weighted by Gasteiger charge is 2.14. The summed E-state index contributed by atoms with van der Waals surface area (Å²) in [6, 6.07) is 18.8. The molecule has 0 amide bonds. The first kappa shape index (κ1) is 19.6. The lowest BCUT2D eigenvalue weighted by Gasteiger charge is -2.13. The first-order chi connectivity index (χ1) is 14.5. The number of hydrogen-bond acceptors (Lipinski definition) is 4. The van der Waals surface area contributed by atoms with Crippen LogP contribution in [0.25, 0.3) is 16.8 Å². The van der Waals surface area contributed by atoms with Gasteiger partial charge in [0.05, 0.1) is 30.0 Å². The molecule has 150 valence electrons. The van der Waals surface area contributed by atoms with E-state index >= 15 is 0 Å². The van der Waals surface area contributed by atoms with Crippen molar-refractivity contribution in [3.8, 4) is 17.3 Å². The Morgan fingerprint density at radius 3 is 2.53 bits per heavy atom. The lowest BCUT2D eigenvalue weighted by Crippen LogP contribution is -2.24. The van der Waals surface area contributed by atoms with Gasteiger partial charge in [0.25, 0.3) is 5.56 Å². The van der Waals surface area contributed by atoms with E-state index in [9.17, 15) is 9.90 Å². The molecule has 0 bridgehead atoms. The van der Waals surface area contributed by atoms with Crippen LogP contribution < -0.4 is 5.56 Å². The maximum atomic E-state index is 12.9. The maximum absolute atomic E-state index is 12.9. The Morgan fingerprint density at radius 1 is 1.07 bits per heavy atom. The third-order valence-corrected chi connectivity index (χ3v) is 5.25. The third-order valence-electron chi connectivity index (χ3n) is 5.25. The molecular formula is C24H22N4O2. The molecule has 4 rings (SSSR count). The molecule has 0 fully saturated rings. The van der Waals surface area contributed by atoms with Crippen molar-refractivity contribution in [2.24, 2.45) is 0 Å². The summed E-state index contributed by atoms with van der Waals surface area (Å²) in [5.41, 5.74) is 4.20. The predicted octanol–water partition coefficient (Wildman–Crippen LogP) is 3.89. The second-order valence-corrected chi connectivity index (χ2v) is 7.64. The molecular weight excluding hydrogens is 376 g/mol. The molecule has 0 radical (unpaired) electrons. The minimum Gasteiger partial charge on any atom is -0.387 e. The van der Waals surface area contributed by atoms with Crippen LogP contribution in [0, 0.1) is 11.3 Å². The summed E-state index contributed by atoms with van der Waals surface area (Å²) in [5, 5.41) is 24.1. The molecule has 0 saturated heterocycles. The standard InChI is InChI=1S/C24H22N4O2/c1-16(2)18-6-8-19(9-7-18)21-13-22-24(30)27(10-11-28(22)26-21)15-23(29)20-5-3-4-17(12-20)14-25/h3-13,16,23,29H,15H2,1-2H3. The van der Waals surface area contributed by atoms with Crippen molar-refractivity contribution in [1.82, 2.24) is 14.2 Å². The summed E-state index contributed by atoms with van der Waals surface area (Å²) in [5.74, 6) is 0.451. The van der Waals surface area contributed by atoms with Crippen molar-refractivity contribution in [1.29, 1.82) is 5.26 Å². The summed E-state index contributed by atoms with van der Waals surface area (Å²) in [6.07, 6.45) is 2.43. The Bertz CT molecular complexity index is 1290. The van der Waals surface area contributed by atoms with Gasteiger partial charge in [-0.15, -0.1) is 0 Å². The molecule has 6 nitrogen and oxygen atoms in total. The highest BCUT2D eigenvalue weighted by atomic mass is 16.3. The molecule has 2 aromatic carbocycles. The zero-order chi connectivity index (χ0) is 21.3. The third kappa shape index (κ3) is 3.76. The minimum absolute atomic E-state index is 0.0911. The zero-order valence-corrected chi connectivity index (χ0v) is 16.9. The van der Waals surface area contributed by atoms with Gasteiger partial charge in [0.1, 0.15) is 5.52 Å². The van der Waals surface area contributed by atoms with Crippen LogP contribution in [-0.4, -0.2) is 19.3 Å². The number of nitriles is 1. The van der Waals surface area contributed by atoms with E-state index in [0.29, 0.717) is 22.6 Å². The first-order valence-corrected chi connectivity index (χ1v) is 9.83.